The van der Waals surface area contributed by atoms with Gasteiger partial charge in [0.2, 0.25) is 0 Å². The highest BCUT2D eigenvalue weighted by molar-refractivity contribution is 7.90. The zero-order valence-corrected chi connectivity index (χ0v) is 12.2. The Balaban J connectivity index is 2.23. The number of pyridine rings is 1. The first-order chi connectivity index (χ1) is 9.90. The number of anilines is 1. The number of nitrogens with zero attached hydrogens (tertiary/aromatic N) is 1. The van der Waals surface area contributed by atoms with E-state index < -0.39 is 9.84 Å². The van der Waals surface area contributed by atoms with E-state index in [1.54, 1.807) is 24.3 Å². The molecule has 0 aliphatic rings. The molecule has 1 amide bonds. The van der Waals surface area contributed by atoms with E-state index in [1.807, 2.05) is 0 Å². The van der Waals surface area contributed by atoms with Crippen molar-refractivity contribution in [2.24, 2.45) is 5.73 Å². The lowest BCUT2D eigenvalue weighted by Crippen LogP contribution is -2.13. The van der Waals surface area contributed by atoms with Crippen molar-refractivity contribution in [2.75, 3.05) is 11.6 Å². The van der Waals surface area contributed by atoms with E-state index in [-0.39, 0.29) is 17.3 Å². The summed E-state index contributed by atoms with van der Waals surface area (Å²) in [5, 5.41) is 2.65. The number of sulfone groups is 1. The molecule has 0 aliphatic carbocycles. The van der Waals surface area contributed by atoms with E-state index in [4.69, 9.17) is 5.73 Å². The second-order valence-corrected chi connectivity index (χ2v) is 6.51. The van der Waals surface area contributed by atoms with Crippen molar-refractivity contribution in [3.63, 3.8) is 0 Å². The van der Waals surface area contributed by atoms with Crippen molar-refractivity contribution in [2.45, 2.75) is 11.4 Å². The summed E-state index contributed by atoms with van der Waals surface area (Å²) < 4.78 is 23.0. The largest absolute Gasteiger partial charge is 0.325 e. The molecule has 110 valence electrons. The molecule has 1 aromatic heterocycles. The van der Waals surface area contributed by atoms with Crippen LogP contribution in [0, 0.1) is 0 Å². The molecule has 21 heavy (non-hydrogen) atoms. The molecular formula is C14H15N3O3S. The Bertz CT molecular complexity index is 773. The summed E-state index contributed by atoms with van der Waals surface area (Å²) in [5.41, 5.74) is 6.91. The summed E-state index contributed by atoms with van der Waals surface area (Å²) >= 11 is 0. The molecule has 0 aliphatic heterocycles. The fourth-order valence-electron chi connectivity index (χ4n) is 1.74. The predicted octanol–water partition coefficient (Wildman–Crippen LogP) is 1.20. The Hall–Kier alpha value is -2.25. The number of amides is 1. The van der Waals surface area contributed by atoms with Crippen molar-refractivity contribution >= 4 is 21.4 Å². The Morgan fingerprint density at radius 1 is 1.29 bits per heavy atom. The first-order valence-electron chi connectivity index (χ1n) is 6.16. The number of aromatic nitrogens is 1. The molecule has 0 spiro atoms. The van der Waals surface area contributed by atoms with E-state index in [9.17, 15) is 13.2 Å². The van der Waals surface area contributed by atoms with Gasteiger partial charge in [-0.2, -0.15) is 0 Å². The van der Waals surface area contributed by atoms with E-state index in [0.717, 1.165) is 6.26 Å². The number of benzene rings is 1. The third-order valence-corrected chi connectivity index (χ3v) is 3.92. The molecule has 1 heterocycles. The zero-order chi connectivity index (χ0) is 15.5. The monoisotopic (exact) mass is 305 g/mol. The highest BCUT2D eigenvalue weighted by atomic mass is 32.2. The van der Waals surface area contributed by atoms with Crippen molar-refractivity contribution in [3.8, 4) is 0 Å². The van der Waals surface area contributed by atoms with Gasteiger partial charge in [0, 0.05) is 30.2 Å². The molecule has 2 rings (SSSR count). The third-order valence-electron chi connectivity index (χ3n) is 2.81. The molecular weight excluding hydrogens is 290 g/mol. The summed E-state index contributed by atoms with van der Waals surface area (Å²) in [4.78, 5) is 16.3. The molecule has 0 saturated heterocycles. The van der Waals surface area contributed by atoms with Crippen LogP contribution in [-0.2, 0) is 16.4 Å². The van der Waals surface area contributed by atoms with Crippen LogP contribution in [-0.4, -0.2) is 25.6 Å². The van der Waals surface area contributed by atoms with Gasteiger partial charge in [-0.15, -0.1) is 0 Å². The molecule has 3 N–H and O–H groups in total. The fraction of sp³-hybridized carbons (Fsp3) is 0.143. The Morgan fingerprint density at radius 2 is 2.05 bits per heavy atom. The minimum absolute atomic E-state index is 0.151. The van der Waals surface area contributed by atoms with Crippen LogP contribution >= 0.6 is 0 Å². The van der Waals surface area contributed by atoms with E-state index >= 15 is 0 Å². The number of nitrogens with one attached hydrogen (secondary N) is 1. The van der Waals surface area contributed by atoms with Gasteiger partial charge in [0.05, 0.1) is 10.6 Å². The van der Waals surface area contributed by atoms with Gasteiger partial charge in [-0.25, -0.2) is 8.42 Å². The zero-order valence-electron chi connectivity index (χ0n) is 11.4. The SMILES string of the molecule is CS(=O)(=O)c1cccc(NC(=O)c2ccnc(CN)c2)c1. The number of hydrogen-bond acceptors (Lipinski definition) is 5. The van der Waals surface area contributed by atoms with Crippen LogP contribution in [0.5, 0.6) is 0 Å². The van der Waals surface area contributed by atoms with Crippen molar-refractivity contribution in [1.82, 2.24) is 4.98 Å². The minimum Gasteiger partial charge on any atom is -0.325 e. The van der Waals surface area contributed by atoms with E-state index in [0.29, 0.717) is 16.9 Å². The van der Waals surface area contributed by atoms with Gasteiger partial charge in [0.15, 0.2) is 9.84 Å². The van der Waals surface area contributed by atoms with Crippen LogP contribution in [0.25, 0.3) is 0 Å². The topological polar surface area (TPSA) is 102 Å². The van der Waals surface area contributed by atoms with Gasteiger partial charge in [-0.05, 0) is 30.3 Å². The molecule has 0 fully saturated rings. The van der Waals surface area contributed by atoms with Crippen LogP contribution < -0.4 is 11.1 Å². The summed E-state index contributed by atoms with van der Waals surface area (Å²) in [6.07, 6.45) is 2.62. The first-order valence-corrected chi connectivity index (χ1v) is 8.06. The molecule has 0 unspecified atom stereocenters. The highest BCUT2D eigenvalue weighted by Crippen LogP contribution is 2.16. The molecule has 7 heteroatoms. The number of rotatable bonds is 4. The van der Waals surface area contributed by atoms with Crippen LogP contribution in [0.15, 0.2) is 47.5 Å². The molecule has 6 nitrogen and oxygen atoms in total. The van der Waals surface area contributed by atoms with Gasteiger partial charge in [-0.3, -0.25) is 9.78 Å². The van der Waals surface area contributed by atoms with Crippen LogP contribution in [0.3, 0.4) is 0 Å². The lowest BCUT2D eigenvalue weighted by atomic mass is 10.2. The Morgan fingerprint density at radius 3 is 2.71 bits per heavy atom. The molecule has 0 saturated carbocycles. The number of carbonyl (C=O) groups excluding carboxylic acids is 1. The lowest BCUT2D eigenvalue weighted by Gasteiger charge is -2.07. The third kappa shape index (κ3) is 3.87. The smallest absolute Gasteiger partial charge is 0.255 e. The van der Waals surface area contributed by atoms with Gasteiger partial charge >= 0.3 is 0 Å². The first kappa shape index (κ1) is 15.1. The van der Waals surface area contributed by atoms with Crippen molar-refractivity contribution in [3.05, 3.63) is 53.9 Å². The summed E-state index contributed by atoms with van der Waals surface area (Å²) in [6.45, 7) is 0.241. The standard InChI is InChI=1S/C14H15N3O3S/c1-21(19,20)13-4-2-3-11(8-13)17-14(18)10-5-6-16-12(7-10)9-15/h2-8H,9,15H2,1H3,(H,17,18). The van der Waals surface area contributed by atoms with E-state index in [2.05, 4.69) is 10.3 Å². The number of carbonyl (C=O) groups is 1. The minimum atomic E-state index is -3.31. The maximum absolute atomic E-state index is 12.1. The fourth-order valence-corrected chi connectivity index (χ4v) is 2.41. The van der Waals surface area contributed by atoms with Crippen LogP contribution in [0.2, 0.25) is 0 Å². The normalized spacial score (nSPS) is 11.1. The maximum Gasteiger partial charge on any atom is 0.255 e. The van der Waals surface area contributed by atoms with Gasteiger partial charge in [-0.1, -0.05) is 6.07 Å². The lowest BCUT2D eigenvalue weighted by molar-refractivity contribution is 0.102. The van der Waals surface area contributed by atoms with Crippen LogP contribution in [0.1, 0.15) is 16.1 Å². The number of hydrogen-bond donors (Lipinski definition) is 2. The van der Waals surface area contributed by atoms with Gasteiger partial charge in [0.1, 0.15) is 0 Å². The predicted molar refractivity (Wildman–Crippen MR) is 79.6 cm³/mol. The molecule has 2 aromatic rings. The summed E-state index contributed by atoms with van der Waals surface area (Å²) in [7, 11) is -3.31. The Labute approximate surface area is 122 Å². The van der Waals surface area contributed by atoms with Gasteiger partial charge in [0.25, 0.3) is 5.91 Å². The second kappa shape index (κ2) is 6.02. The average Bonchev–Trinajstić information content (AvgIpc) is 2.46. The van der Waals surface area contributed by atoms with Gasteiger partial charge < -0.3 is 11.1 Å². The molecule has 0 bridgehead atoms. The molecule has 1 aromatic carbocycles. The summed E-state index contributed by atoms with van der Waals surface area (Å²) in [5.74, 6) is -0.349. The molecule has 0 atom stereocenters. The second-order valence-electron chi connectivity index (χ2n) is 4.49. The van der Waals surface area contributed by atoms with E-state index in [1.165, 1.54) is 18.3 Å². The Kier molecular flexibility index (Phi) is 4.35. The molecule has 0 radical (unpaired) electrons. The quantitative estimate of drug-likeness (QED) is 0.883. The highest BCUT2D eigenvalue weighted by Gasteiger charge is 2.10. The number of nitrogens with two attached hydrogens (primary N) is 1. The average molecular weight is 305 g/mol. The summed E-state index contributed by atoms with van der Waals surface area (Å²) in [6, 6.07) is 9.24. The van der Waals surface area contributed by atoms with Crippen molar-refractivity contribution < 1.29 is 13.2 Å². The van der Waals surface area contributed by atoms with Crippen molar-refractivity contribution in [1.29, 1.82) is 0 Å². The van der Waals surface area contributed by atoms with Crippen LogP contribution in [0.4, 0.5) is 5.69 Å². The maximum atomic E-state index is 12.1.